The van der Waals surface area contributed by atoms with Crippen molar-refractivity contribution >= 4 is 29.3 Å². The summed E-state index contributed by atoms with van der Waals surface area (Å²) in [5.74, 6) is -0.113. The Balaban J connectivity index is 1.74. The van der Waals surface area contributed by atoms with Crippen molar-refractivity contribution in [3.05, 3.63) is 75.8 Å². The Bertz CT molecular complexity index is 1000. The van der Waals surface area contributed by atoms with Crippen molar-refractivity contribution in [3.8, 4) is 6.07 Å². The minimum Gasteiger partial charge on any atom is -0.325 e. The minimum atomic E-state index is -0.298. The number of anilines is 1. The molecule has 2 aromatic carbocycles. The van der Waals surface area contributed by atoms with Crippen LogP contribution in [0.4, 0.5) is 5.69 Å². The second-order valence-electron chi connectivity index (χ2n) is 7.68. The zero-order valence-corrected chi connectivity index (χ0v) is 18.2. The number of hydrogen-bond donors (Lipinski definition) is 2. The number of nitriles is 1. The first-order valence-corrected chi connectivity index (χ1v) is 10.9. The number of benzene rings is 2. The molecule has 0 fully saturated rings. The molecule has 1 unspecified atom stereocenters. The third-order valence-corrected chi connectivity index (χ3v) is 6.06. The number of nitrogens with one attached hydrogen (secondary N) is 2. The van der Waals surface area contributed by atoms with E-state index in [2.05, 4.69) is 30.6 Å². The number of carbonyl (C=O) groups excluding carboxylic acids is 2. The average molecular weight is 420 g/mol. The van der Waals surface area contributed by atoms with Gasteiger partial charge in [0.2, 0.25) is 11.8 Å². The van der Waals surface area contributed by atoms with Gasteiger partial charge in [0.25, 0.3) is 0 Å². The van der Waals surface area contributed by atoms with Gasteiger partial charge in [-0.2, -0.15) is 5.26 Å². The molecule has 2 aromatic rings. The smallest absolute Gasteiger partial charge is 0.234 e. The molecule has 1 heterocycles. The highest BCUT2D eigenvalue weighted by molar-refractivity contribution is 8.03. The average Bonchev–Trinajstić information content (AvgIpc) is 2.73. The van der Waals surface area contributed by atoms with Crippen LogP contribution in [0, 0.1) is 18.3 Å². The summed E-state index contributed by atoms with van der Waals surface area (Å²) in [5, 5.41) is 15.8. The van der Waals surface area contributed by atoms with E-state index in [1.807, 2.05) is 55.5 Å². The van der Waals surface area contributed by atoms with E-state index in [0.717, 1.165) is 16.8 Å². The molecule has 154 valence electrons. The van der Waals surface area contributed by atoms with Gasteiger partial charge in [-0.3, -0.25) is 9.59 Å². The third kappa shape index (κ3) is 5.31. The van der Waals surface area contributed by atoms with Crippen molar-refractivity contribution in [2.24, 2.45) is 0 Å². The van der Waals surface area contributed by atoms with Gasteiger partial charge in [-0.1, -0.05) is 67.6 Å². The maximum absolute atomic E-state index is 12.3. The van der Waals surface area contributed by atoms with Gasteiger partial charge in [-0.05, 0) is 36.1 Å². The fraction of sp³-hybridized carbons (Fsp3) is 0.292. The van der Waals surface area contributed by atoms with Crippen LogP contribution in [0.25, 0.3) is 0 Å². The van der Waals surface area contributed by atoms with Crippen molar-refractivity contribution in [2.45, 2.75) is 39.0 Å². The van der Waals surface area contributed by atoms with E-state index in [0.29, 0.717) is 16.5 Å². The number of allylic oxidation sites excluding steroid dienone is 1. The van der Waals surface area contributed by atoms with E-state index in [1.54, 1.807) is 0 Å². The van der Waals surface area contributed by atoms with Crippen LogP contribution >= 0.6 is 11.8 Å². The summed E-state index contributed by atoms with van der Waals surface area (Å²) in [4.78, 5) is 24.6. The van der Waals surface area contributed by atoms with Gasteiger partial charge in [0.15, 0.2) is 0 Å². The summed E-state index contributed by atoms with van der Waals surface area (Å²) in [7, 11) is 0. The molecule has 1 aliphatic heterocycles. The molecule has 2 N–H and O–H groups in total. The third-order valence-electron chi connectivity index (χ3n) is 5.04. The topological polar surface area (TPSA) is 82.0 Å². The molecular weight excluding hydrogens is 394 g/mol. The molecule has 6 heteroatoms. The van der Waals surface area contributed by atoms with Crippen LogP contribution in [-0.4, -0.2) is 17.6 Å². The van der Waals surface area contributed by atoms with Crippen molar-refractivity contribution in [1.29, 1.82) is 5.26 Å². The highest BCUT2D eigenvalue weighted by Gasteiger charge is 2.29. The van der Waals surface area contributed by atoms with Gasteiger partial charge in [0.1, 0.15) is 0 Å². The van der Waals surface area contributed by atoms with Gasteiger partial charge in [0.05, 0.1) is 22.4 Å². The number of rotatable bonds is 6. The summed E-state index contributed by atoms with van der Waals surface area (Å²) in [6.45, 7) is 6.23. The van der Waals surface area contributed by atoms with E-state index in [-0.39, 0.29) is 29.9 Å². The molecular formula is C24H25N3O2S. The molecule has 0 aliphatic carbocycles. The number of nitrogens with zero attached hydrogens (tertiary/aromatic N) is 1. The second kappa shape index (κ2) is 9.64. The Morgan fingerprint density at radius 1 is 1.20 bits per heavy atom. The van der Waals surface area contributed by atoms with Crippen molar-refractivity contribution < 1.29 is 9.59 Å². The maximum Gasteiger partial charge on any atom is 0.234 e. The van der Waals surface area contributed by atoms with Gasteiger partial charge >= 0.3 is 0 Å². The molecule has 0 saturated heterocycles. The summed E-state index contributed by atoms with van der Waals surface area (Å²) in [5.41, 5.74) is 4.48. The number of hydrogen-bond acceptors (Lipinski definition) is 4. The monoisotopic (exact) mass is 419 g/mol. The number of amides is 2. The molecule has 1 atom stereocenters. The van der Waals surface area contributed by atoms with E-state index in [9.17, 15) is 14.9 Å². The van der Waals surface area contributed by atoms with Crippen molar-refractivity contribution in [3.63, 3.8) is 0 Å². The lowest BCUT2D eigenvalue weighted by atomic mass is 9.86. The predicted molar refractivity (Wildman–Crippen MR) is 121 cm³/mol. The Hall–Kier alpha value is -3.04. The molecule has 0 aromatic heterocycles. The van der Waals surface area contributed by atoms with Gasteiger partial charge < -0.3 is 10.6 Å². The Kier molecular flexibility index (Phi) is 6.96. The zero-order valence-electron chi connectivity index (χ0n) is 17.4. The Morgan fingerprint density at radius 3 is 2.47 bits per heavy atom. The quantitative estimate of drug-likeness (QED) is 0.703. The largest absolute Gasteiger partial charge is 0.325 e. The Labute approximate surface area is 181 Å². The first-order chi connectivity index (χ1) is 14.4. The van der Waals surface area contributed by atoms with Crippen molar-refractivity contribution in [1.82, 2.24) is 5.32 Å². The molecule has 1 aliphatic rings. The minimum absolute atomic E-state index is 0.105. The van der Waals surface area contributed by atoms with Crippen LogP contribution in [0.1, 0.15) is 48.8 Å². The first kappa shape index (κ1) is 21.7. The number of thioether (sulfide) groups is 1. The molecule has 30 heavy (non-hydrogen) atoms. The van der Waals surface area contributed by atoms with Gasteiger partial charge in [0, 0.05) is 18.0 Å². The second-order valence-corrected chi connectivity index (χ2v) is 8.67. The fourth-order valence-corrected chi connectivity index (χ4v) is 4.18. The fourth-order valence-electron chi connectivity index (χ4n) is 3.30. The highest BCUT2D eigenvalue weighted by Crippen LogP contribution is 2.36. The van der Waals surface area contributed by atoms with E-state index in [1.165, 1.54) is 17.3 Å². The summed E-state index contributed by atoms with van der Waals surface area (Å²) in [6.07, 6.45) is 0.226. The predicted octanol–water partition coefficient (Wildman–Crippen LogP) is 4.83. The van der Waals surface area contributed by atoms with Crippen LogP contribution in [0.15, 0.2) is 59.1 Å². The molecule has 5 nitrogen and oxygen atoms in total. The Morgan fingerprint density at radius 2 is 1.87 bits per heavy atom. The standard InChI is InChI=1S/C24H25N3O2S/c1-15(2)17-6-8-18(9-7-17)20-12-22(28)27-24(21(20)13-25)30-14-23(29)26-19-10-4-16(3)5-11-19/h4-11,15,20H,12,14H2,1-3H3,(H,26,29)(H,27,28). The molecule has 0 bridgehead atoms. The molecule has 3 rings (SSSR count). The first-order valence-electron chi connectivity index (χ1n) is 9.90. The van der Waals surface area contributed by atoms with E-state index in [4.69, 9.17) is 0 Å². The van der Waals surface area contributed by atoms with Crippen LogP contribution in [0.5, 0.6) is 0 Å². The number of aryl methyl sites for hydroxylation is 1. The maximum atomic E-state index is 12.3. The summed E-state index contributed by atoms with van der Waals surface area (Å²) < 4.78 is 0. The molecule has 2 amide bonds. The van der Waals surface area contributed by atoms with Gasteiger partial charge in [-0.15, -0.1) is 0 Å². The van der Waals surface area contributed by atoms with Crippen LogP contribution in [0.2, 0.25) is 0 Å². The SMILES string of the molecule is Cc1ccc(NC(=O)CSC2=C(C#N)C(c3ccc(C(C)C)cc3)CC(=O)N2)cc1. The van der Waals surface area contributed by atoms with E-state index < -0.39 is 0 Å². The highest BCUT2D eigenvalue weighted by atomic mass is 32.2. The zero-order chi connectivity index (χ0) is 21.7. The van der Waals surface area contributed by atoms with Gasteiger partial charge in [-0.25, -0.2) is 0 Å². The van der Waals surface area contributed by atoms with Crippen molar-refractivity contribution in [2.75, 3.05) is 11.1 Å². The lowest BCUT2D eigenvalue weighted by Gasteiger charge is -2.25. The molecule has 0 saturated carbocycles. The molecule has 0 spiro atoms. The van der Waals surface area contributed by atoms with Crippen LogP contribution < -0.4 is 10.6 Å². The lowest BCUT2D eigenvalue weighted by Crippen LogP contribution is -2.31. The normalized spacial score (nSPS) is 16.2. The number of carbonyl (C=O) groups is 2. The summed E-state index contributed by atoms with van der Waals surface area (Å²) in [6, 6.07) is 17.9. The van der Waals surface area contributed by atoms with Crippen LogP contribution in [-0.2, 0) is 9.59 Å². The lowest BCUT2D eigenvalue weighted by molar-refractivity contribution is -0.121. The van der Waals surface area contributed by atoms with E-state index >= 15 is 0 Å². The summed E-state index contributed by atoms with van der Waals surface area (Å²) >= 11 is 1.18. The molecule has 0 radical (unpaired) electrons. The van der Waals surface area contributed by atoms with Crippen LogP contribution in [0.3, 0.4) is 0 Å².